The quantitative estimate of drug-likeness (QED) is 0.714. The van der Waals surface area contributed by atoms with Gasteiger partial charge in [0.15, 0.2) is 0 Å². The van der Waals surface area contributed by atoms with E-state index in [1.807, 2.05) is 12.1 Å². The predicted octanol–water partition coefficient (Wildman–Crippen LogP) is 4.32. The van der Waals surface area contributed by atoms with Gasteiger partial charge in [0.1, 0.15) is 0 Å². The normalized spacial score (nSPS) is 21.2. The first kappa shape index (κ1) is 12.1. The highest BCUT2D eigenvalue weighted by atomic mass is 35.5. The van der Waals surface area contributed by atoms with Crippen LogP contribution in [-0.2, 0) is 5.88 Å². The largest absolute Gasteiger partial charge is 0.371 e. The molecular formula is C13H17Cl2N. The molecule has 1 aromatic carbocycles. The van der Waals surface area contributed by atoms with Gasteiger partial charge in [-0.15, -0.1) is 11.6 Å². The molecule has 0 aliphatic carbocycles. The molecule has 1 saturated heterocycles. The third-order valence-corrected chi connectivity index (χ3v) is 3.84. The van der Waals surface area contributed by atoms with Crippen LogP contribution >= 0.6 is 23.2 Å². The summed E-state index contributed by atoms with van der Waals surface area (Å²) >= 11 is 12.0. The fourth-order valence-electron chi connectivity index (χ4n) is 2.27. The molecule has 0 N–H and O–H groups in total. The van der Waals surface area contributed by atoms with Gasteiger partial charge in [-0.1, -0.05) is 24.6 Å². The average molecular weight is 258 g/mol. The number of nitrogens with zero attached hydrogens (tertiary/aromatic N) is 1. The number of benzene rings is 1. The summed E-state index contributed by atoms with van der Waals surface area (Å²) in [5, 5.41) is 0.783. The standard InChI is InChI=1S/C13H17Cl2N/c1-10-3-2-6-16(9-10)12-5-4-11(8-14)13(15)7-12/h4-5,7,10H,2-3,6,8-9H2,1H3. The van der Waals surface area contributed by atoms with Crippen LogP contribution in [0.25, 0.3) is 0 Å². The van der Waals surface area contributed by atoms with E-state index >= 15 is 0 Å². The van der Waals surface area contributed by atoms with E-state index < -0.39 is 0 Å². The van der Waals surface area contributed by atoms with E-state index in [2.05, 4.69) is 17.9 Å². The summed E-state index contributed by atoms with van der Waals surface area (Å²) in [6, 6.07) is 6.20. The maximum absolute atomic E-state index is 6.17. The van der Waals surface area contributed by atoms with Crippen LogP contribution in [0.4, 0.5) is 5.69 Å². The monoisotopic (exact) mass is 257 g/mol. The van der Waals surface area contributed by atoms with Gasteiger partial charge in [-0.25, -0.2) is 0 Å². The Morgan fingerprint density at radius 2 is 2.25 bits per heavy atom. The van der Waals surface area contributed by atoms with Crippen LogP contribution in [0.2, 0.25) is 5.02 Å². The Kier molecular flexibility index (Phi) is 3.99. The summed E-state index contributed by atoms with van der Waals surface area (Å²) in [7, 11) is 0. The van der Waals surface area contributed by atoms with Crippen molar-refractivity contribution in [2.75, 3.05) is 18.0 Å². The van der Waals surface area contributed by atoms with Crippen LogP contribution in [0.1, 0.15) is 25.3 Å². The van der Waals surface area contributed by atoms with Gasteiger partial charge in [-0.3, -0.25) is 0 Å². The SMILES string of the molecule is CC1CCCN(c2ccc(CCl)c(Cl)c2)C1. The molecule has 1 fully saturated rings. The number of hydrogen-bond acceptors (Lipinski definition) is 1. The molecule has 0 spiro atoms. The molecule has 0 radical (unpaired) electrons. The molecule has 16 heavy (non-hydrogen) atoms. The molecule has 1 heterocycles. The topological polar surface area (TPSA) is 3.24 Å². The minimum absolute atomic E-state index is 0.482. The van der Waals surface area contributed by atoms with E-state index in [9.17, 15) is 0 Å². The van der Waals surface area contributed by atoms with Crippen LogP contribution in [0.5, 0.6) is 0 Å². The molecular weight excluding hydrogens is 241 g/mol. The van der Waals surface area contributed by atoms with Crippen molar-refractivity contribution in [3.63, 3.8) is 0 Å². The Hall–Kier alpha value is -0.400. The van der Waals surface area contributed by atoms with Gasteiger partial charge in [-0.05, 0) is 36.5 Å². The molecule has 0 bridgehead atoms. The molecule has 1 unspecified atom stereocenters. The smallest absolute Gasteiger partial charge is 0.0488 e. The van der Waals surface area contributed by atoms with Crippen molar-refractivity contribution in [3.8, 4) is 0 Å². The van der Waals surface area contributed by atoms with Crippen molar-refractivity contribution in [2.24, 2.45) is 5.92 Å². The van der Waals surface area contributed by atoms with E-state index in [4.69, 9.17) is 23.2 Å². The molecule has 0 aromatic heterocycles. The number of anilines is 1. The Bertz CT molecular complexity index is 365. The lowest BCUT2D eigenvalue weighted by molar-refractivity contribution is 0.447. The maximum atomic E-state index is 6.17. The van der Waals surface area contributed by atoms with Gasteiger partial charge in [0.05, 0.1) is 0 Å². The van der Waals surface area contributed by atoms with Crippen molar-refractivity contribution in [2.45, 2.75) is 25.6 Å². The Labute approximate surface area is 107 Å². The van der Waals surface area contributed by atoms with Gasteiger partial charge in [0.25, 0.3) is 0 Å². The van der Waals surface area contributed by atoms with Gasteiger partial charge >= 0.3 is 0 Å². The van der Waals surface area contributed by atoms with Gasteiger partial charge < -0.3 is 4.90 Å². The first-order chi connectivity index (χ1) is 7.70. The highest BCUT2D eigenvalue weighted by Gasteiger charge is 2.17. The lowest BCUT2D eigenvalue weighted by Crippen LogP contribution is -2.34. The summed E-state index contributed by atoms with van der Waals surface area (Å²) in [6.45, 7) is 4.58. The number of hydrogen-bond donors (Lipinski definition) is 0. The number of halogens is 2. The first-order valence-corrected chi connectivity index (χ1v) is 6.71. The van der Waals surface area contributed by atoms with E-state index in [1.54, 1.807) is 0 Å². The van der Waals surface area contributed by atoms with Crippen molar-refractivity contribution in [1.82, 2.24) is 0 Å². The minimum Gasteiger partial charge on any atom is -0.371 e. The molecule has 88 valence electrons. The molecule has 1 aliphatic rings. The summed E-state index contributed by atoms with van der Waals surface area (Å²) in [4.78, 5) is 2.41. The van der Waals surface area contributed by atoms with Gasteiger partial charge in [0.2, 0.25) is 0 Å². The van der Waals surface area contributed by atoms with Gasteiger partial charge in [0, 0.05) is 29.7 Å². The zero-order chi connectivity index (χ0) is 11.5. The van der Waals surface area contributed by atoms with Crippen LogP contribution in [0, 0.1) is 5.92 Å². The zero-order valence-electron chi connectivity index (χ0n) is 9.55. The Balaban J connectivity index is 2.17. The number of alkyl halides is 1. The molecule has 2 rings (SSSR count). The third kappa shape index (κ3) is 2.64. The second-order valence-corrected chi connectivity index (χ2v) is 5.28. The number of rotatable bonds is 2. The van der Waals surface area contributed by atoms with Crippen molar-refractivity contribution in [1.29, 1.82) is 0 Å². The highest BCUT2D eigenvalue weighted by molar-refractivity contribution is 6.32. The van der Waals surface area contributed by atoms with Crippen LogP contribution in [-0.4, -0.2) is 13.1 Å². The first-order valence-electron chi connectivity index (χ1n) is 5.80. The van der Waals surface area contributed by atoms with Crippen LogP contribution in [0.3, 0.4) is 0 Å². The molecule has 0 saturated carbocycles. The Morgan fingerprint density at radius 1 is 1.44 bits per heavy atom. The van der Waals surface area contributed by atoms with Crippen molar-refractivity contribution >= 4 is 28.9 Å². The Morgan fingerprint density at radius 3 is 2.88 bits per heavy atom. The molecule has 1 aromatic rings. The fourth-order valence-corrected chi connectivity index (χ4v) is 2.81. The zero-order valence-corrected chi connectivity index (χ0v) is 11.1. The van der Waals surface area contributed by atoms with Crippen molar-refractivity contribution in [3.05, 3.63) is 28.8 Å². The molecule has 0 amide bonds. The van der Waals surface area contributed by atoms with E-state index in [0.717, 1.165) is 29.6 Å². The van der Waals surface area contributed by atoms with Crippen molar-refractivity contribution < 1.29 is 0 Å². The number of piperidine rings is 1. The fraction of sp³-hybridized carbons (Fsp3) is 0.538. The summed E-state index contributed by atoms with van der Waals surface area (Å²) in [5.41, 5.74) is 2.24. The van der Waals surface area contributed by atoms with E-state index in [1.165, 1.54) is 18.5 Å². The molecule has 3 heteroatoms. The lowest BCUT2D eigenvalue weighted by Gasteiger charge is -2.33. The lowest BCUT2D eigenvalue weighted by atomic mass is 9.99. The van der Waals surface area contributed by atoms with E-state index in [-0.39, 0.29) is 0 Å². The molecule has 1 atom stereocenters. The molecule has 1 nitrogen and oxygen atoms in total. The summed E-state index contributed by atoms with van der Waals surface area (Å²) < 4.78 is 0. The van der Waals surface area contributed by atoms with E-state index in [0.29, 0.717) is 5.88 Å². The third-order valence-electron chi connectivity index (χ3n) is 3.20. The van der Waals surface area contributed by atoms with Gasteiger partial charge in [-0.2, -0.15) is 0 Å². The minimum atomic E-state index is 0.482. The second kappa shape index (κ2) is 5.29. The second-order valence-electron chi connectivity index (χ2n) is 4.60. The maximum Gasteiger partial charge on any atom is 0.0488 e. The summed E-state index contributed by atoms with van der Waals surface area (Å²) in [5.74, 6) is 1.26. The summed E-state index contributed by atoms with van der Waals surface area (Å²) in [6.07, 6.45) is 2.61. The van der Waals surface area contributed by atoms with Crippen LogP contribution in [0.15, 0.2) is 18.2 Å². The molecule has 1 aliphatic heterocycles. The predicted molar refractivity (Wildman–Crippen MR) is 71.6 cm³/mol. The van der Waals surface area contributed by atoms with Crippen LogP contribution < -0.4 is 4.90 Å². The highest BCUT2D eigenvalue weighted by Crippen LogP contribution is 2.28. The average Bonchev–Trinajstić information content (AvgIpc) is 2.29.